The Balaban J connectivity index is 2.84. The highest BCUT2D eigenvalue weighted by atomic mass is 35.7. The van der Waals surface area contributed by atoms with E-state index in [1.165, 1.54) is 12.1 Å². The van der Waals surface area contributed by atoms with Crippen molar-refractivity contribution in [2.24, 2.45) is 0 Å². The normalized spacial score (nSPS) is 11.5. The average Bonchev–Trinajstić information content (AvgIpc) is 2.25. The van der Waals surface area contributed by atoms with Gasteiger partial charge in [0.1, 0.15) is 10.6 Å². The highest BCUT2D eigenvalue weighted by Gasteiger charge is 2.17. The summed E-state index contributed by atoms with van der Waals surface area (Å²) in [6, 6.07) is 4.36. The fourth-order valence-electron chi connectivity index (χ4n) is 1.15. The Morgan fingerprint density at radius 2 is 2.12 bits per heavy atom. The third-order valence-corrected chi connectivity index (χ3v) is 4.30. The number of hydrogen-bond acceptors (Lipinski definition) is 4. The van der Waals surface area contributed by atoms with E-state index in [0.29, 0.717) is 11.6 Å². The fourth-order valence-corrected chi connectivity index (χ4v) is 2.87. The molecule has 0 aliphatic heterocycles. The summed E-state index contributed by atoms with van der Waals surface area (Å²) in [5, 5.41) is 0.305. The molecule has 0 fully saturated rings. The van der Waals surface area contributed by atoms with Gasteiger partial charge in [0.25, 0.3) is 9.05 Å². The van der Waals surface area contributed by atoms with Crippen molar-refractivity contribution in [3.8, 4) is 5.75 Å². The van der Waals surface area contributed by atoms with Gasteiger partial charge in [-0.1, -0.05) is 18.5 Å². The first-order valence-corrected chi connectivity index (χ1v) is 8.74. The molecular weight excluding hydrogens is 303 g/mol. The Morgan fingerprint density at radius 1 is 1.41 bits per heavy atom. The van der Waals surface area contributed by atoms with Gasteiger partial charge >= 0.3 is 0 Å². The second kappa shape index (κ2) is 6.73. The van der Waals surface area contributed by atoms with E-state index in [-0.39, 0.29) is 10.6 Å². The van der Waals surface area contributed by atoms with Crippen LogP contribution < -0.4 is 4.74 Å². The van der Waals surface area contributed by atoms with Crippen LogP contribution in [0.2, 0.25) is 5.02 Å². The number of thioether (sulfide) groups is 1. The summed E-state index contributed by atoms with van der Waals surface area (Å²) >= 11 is 7.43. The molecule has 0 saturated heterocycles. The molecule has 0 amide bonds. The molecule has 1 aromatic rings. The molecule has 0 radical (unpaired) electrons. The van der Waals surface area contributed by atoms with Crippen LogP contribution in [0.5, 0.6) is 5.75 Å². The second-order valence-corrected chi connectivity index (χ2v) is 7.44. The lowest BCUT2D eigenvalue weighted by atomic mass is 10.3. The quantitative estimate of drug-likeness (QED) is 0.596. The van der Waals surface area contributed by atoms with Crippen molar-refractivity contribution in [3.05, 3.63) is 23.2 Å². The third kappa shape index (κ3) is 4.95. The Hall–Kier alpha value is -0.100. The first-order valence-electron chi connectivity index (χ1n) is 4.90. The van der Waals surface area contributed by atoms with E-state index in [1.54, 1.807) is 17.8 Å². The van der Waals surface area contributed by atoms with Crippen molar-refractivity contribution in [2.75, 3.05) is 18.1 Å². The average molecular weight is 315 g/mol. The summed E-state index contributed by atoms with van der Waals surface area (Å²) in [7, 11) is 1.46. The van der Waals surface area contributed by atoms with Gasteiger partial charge in [0.05, 0.1) is 6.61 Å². The molecular formula is C10H12Cl2O3S2. The van der Waals surface area contributed by atoms with E-state index in [1.807, 2.05) is 6.92 Å². The highest BCUT2D eigenvalue weighted by molar-refractivity contribution is 8.13. The smallest absolute Gasteiger partial charge is 0.265 e. The van der Waals surface area contributed by atoms with Crippen molar-refractivity contribution < 1.29 is 13.2 Å². The van der Waals surface area contributed by atoms with Crippen molar-refractivity contribution in [1.82, 2.24) is 0 Å². The largest absolute Gasteiger partial charge is 0.491 e. The molecule has 0 aromatic heterocycles. The summed E-state index contributed by atoms with van der Waals surface area (Å²) in [6.45, 7) is 2.47. The lowest BCUT2D eigenvalue weighted by molar-refractivity contribution is 0.335. The molecule has 0 N–H and O–H groups in total. The van der Waals surface area contributed by atoms with E-state index in [4.69, 9.17) is 27.0 Å². The van der Waals surface area contributed by atoms with Gasteiger partial charge in [-0.3, -0.25) is 0 Å². The fraction of sp³-hybridized carbons (Fsp3) is 0.400. The first-order chi connectivity index (χ1) is 7.95. The zero-order valence-electron chi connectivity index (χ0n) is 9.15. The van der Waals surface area contributed by atoms with Crippen LogP contribution in [0, 0.1) is 0 Å². The van der Waals surface area contributed by atoms with Crippen LogP contribution in [0.4, 0.5) is 0 Å². The van der Waals surface area contributed by atoms with Crippen molar-refractivity contribution in [2.45, 2.75) is 11.8 Å². The van der Waals surface area contributed by atoms with Gasteiger partial charge in [0, 0.05) is 21.5 Å². The molecule has 0 saturated carbocycles. The van der Waals surface area contributed by atoms with Crippen LogP contribution in [-0.4, -0.2) is 26.5 Å². The maximum atomic E-state index is 11.3. The molecule has 3 nitrogen and oxygen atoms in total. The maximum Gasteiger partial charge on any atom is 0.265 e. The third-order valence-electron chi connectivity index (χ3n) is 1.86. The molecule has 7 heteroatoms. The van der Waals surface area contributed by atoms with E-state index >= 15 is 0 Å². The number of halogens is 2. The molecule has 0 spiro atoms. The topological polar surface area (TPSA) is 43.4 Å². The summed E-state index contributed by atoms with van der Waals surface area (Å²) < 4.78 is 28.0. The van der Waals surface area contributed by atoms with Gasteiger partial charge in [0.15, 0.2) is 0 Å². The molecule has 0 unspecified atom stereocenters. The van der Waals surface area contributed by atoms with Crippen LogP contribution in [0.1, 0.15) is 6.92 Å². The number of benzene rings is 1. The zero-order valence-corrected chi connectivity index (χ0v) is 12.3. The molecule has 1 aromatic carbocycles. The molecule has 0 atom stereocenters. The minimum absolute atomic E-state index is 0.0897. The molecule has 0 heterocycles. The molecule has 1 rings (SSSR count). The minimum atomic E-state index is -3.84. The Kier molecular flexibility index (Phi) is 5.92. The van der Waals surface area contributed by atoms with Crippen molar-refractivity contribution in [1.29, 1.82) is 0 Å². The van der Waals surface area contributed by atoms with E-state index < -0.39 is 9.05 Å². The Bertz CT molecular complexity index is 474. The molecule has 17 heavy (non-hydrogen) atoms. The number of hydrogen-bond donors (Lipinski definition) is 0. The summed E-state index contributed by atoms with van der Waals surface area (Å²) in [6.07, 6.45) is 0. The standard InChI is InChI=1S/C10H12Cl2O3S2/c1-2-16-6-5-15-9-4-3-8(11)7-10(9)17(12,13)14/h3-4,7H,2,5-6H2,1H3. The van der Waals surface area contributed by atoms with Gasteiger partial charge < -0.3 is 4.74 Å². The van der Waals surface area contributed by atoms with Gasteiger partial charge in [0.2, 0.25) is 0 Å². The summed E-state index contributed by atoms with van der Waals surface area (Å²) in [5.41, 5.74) is 0. The highest BCUT2D eigenvalue weighted by Crippen LogP contribution is 2.29. The van der Waals surface area contributed by atoms with E-state index in [9.17, 15) is 8.42 Å². The molecule has 96 valence electrons. The van der Waals surface area contributed by atoms with Crippen LogP contribution >= 0.6 is 34.0 Å². The number of rotatable bonds is 6. The lowest BCUT2D eigenvalue weighted by Gasteiger charge is -2.09. The maximum absolute atomic E-state index is 11.3. The van der Waals surface area contributed by atoms with Crippen LogP contribution in [0.25, 0.3) is 0 Å². The van der Waals surface area contributed by atoms with Crippen molar-refractivity contribution >= 4 is 43.1 Å². The second-order valence-electron chi connectivity index (χ2n) is 3.07. The van der Waals surface area contributed by atoms with Crippen LogP contribution in [0.15, 0.2) is 23.1 Å². The van der Waals surface area contributed by atoms with Gasteiger partial charge in [-0.25, -0.2) is 8.42 Å². The predicted octanol–water partition coefficient (Wildman–Crippen LogP) is 3.40. The molecule has 0 bridgehead atoms. The van der Waals surface area contributed by atoms with E-state index in [2.05, 4.69) is 0 Å². The Morgan fingerprint density at radius 3 is 2.71 bits per heavy atom. The Labute approximate surface area is 115 Å². The monoisotopic (exact) mass is 314 g/mol. The van der Waals surface area contributed by atoms with Crippen molar-refractivity contribution in [3.63, 3.8) is 0 Å². The van der Waals surface area contributed by atoms with Gasteiger partial charge in [-0.05, 0) is 24.0 Å². The molecule has 0 aliphatic carbocycles. The van der Waals surface area contributed by atoms with Gasteiger partial charge in [-0.15, -0.1) is 0 Å². The van der Waals surface area contributed by atoms with Crippen LogP contribution in [-0.2, 0) is 9.05 Å². The summed E-state index contributed by atoms with van der Waals surface area (Å²) in [5.74, 6) is 2.02. The summed E-state index contributed by atoms with van der Waals surface area (Å²) in [4.78, 5) is -0.0897. The SMILES string of the molecule is CCSCCOc1ccc(Cl)cc1S(=O)(=O)Cl. The molecule has 0 aliphatic rings. The number of ether oxygens (including phenoxy) is 1. The lowest BCUT2D eigenvalue weighted by Crippen LogP contribution is -2.04. The van der Waals surface area contributed by atoms with Crippen LogP contribution in [0.3, 0.4) is 0 Å². The predicted molar refractivity (Wildman–Crippen MR) is 73.0 cm³/mol. The van der Waals surface area contributed by atoms with E-state index in [0.717, 1.165) is 11.5 Å². The minimum Gasteiger partial charge on any atom is -0.491 e. The zero-order chi connectivity index (χ0) is 12.9. The first kappa shape index (κ1) is 15.0. The van der Waals surface area contributed by atoms with Gasteiger partial charge in [-0.2, -0.15) is 11.8 Å².